The van der Waals surface area contributed by atoms with Crippen LogP contribution in [0.1, 0.15) is 24.2 Å². The Balaban J connectivity index is 3.05. The second kappa shape index (κ2) is 5.38. The average Bonchev–Trinajstić information content (AvgIpc) is 2.23. The summed E-state index contributed by atoms with van der Waals surface area (Å²) in [6.45, 7) is 5.19. The van der Waals surface area contributed by atoms with E-state index in [0.29, 0.717) is 28.7 Å². The maximum Gasteiger partial charge on any atom is 0.255 e. The van der Waals surface area contributed by atoms with E-state index in [0.717, 1.165) is 0 Å². The van der Waals surface area contributed by atoms with E-state index in [1.165, 1.54) is 0 Å². The van der Waals surface area contributed by atoms with Crippen LogP contribution < -0.4 is 0 Å². The van der Waals surface area contributed by atoms with Crippen molar-refractivity contribution in [2.24, 2.45) is 0 Å². The Kier molecular flexibility index (Phi) is 4.43. The zero-order valence-corrected chi connectivity index (χ0v) is 10.3. The Bertz CT molecular complexity index is 362. The number of rotatable bonds is 3. The van der Waals surface area contributed by atoms with Crippen LogP contribution in [0.5, 0.6) is 0 Å². The van der Waals surface area contributed by atoms with Crippen LogP contribution in [0.3, 0.4) is 0 Å². The highest BCUT2D eigenvalue weighted by Gasteiger charge is 2.16. The lowest BCUT2D eigenvalue weighted by molar-refractivity contribution is 0.0773. The van der Waals surface area contributed by atoms with E-state index in [-0.39, 0.29) is 5.91 Å². The second-order valence-electron chi connectivity index (χ2n) is 3.08. The third-order valence-electron chi connectivity index (χ3n) is 2.23. The minimum absolute atomic E-state index is 0.0764. The van der Waals surface area contributed by atoms with Crippen molar-refractivity contribution >= 4 is 29.1 Å². The molecule has 2 nitrogen and oxygen atoms in total. The lowest BCUT2D eigenvalue weighted by atomic mass is 10.2. The molecule has 0 atom stereocenters. The van der Waals surface area contributed by atoms with Gasteiger partial charge in [-0.25, -0.2) is 0 Å². The van der Waals surface area contributed by atoms with Gasteiger partial charge in [0, 0.05) is 13.1 Å². The summed E-state index contributed by atoms with van der Waals surface area (Å²) in [4.78, 5) is 13.7. The molecule has 15 heavy (non-hydrogen) atoms. The molecular formula is C11H13Cl2NO. The minimum atomic E-state index is -0.0764. The summed E-state index contributed by atoms with van der Waals surface area (Å²) in [6, 6.07) is 5.09. The van der Waals surface area contributed by atoms with Crippen LogP contribution in [-0.2, 0) is 0 Å². The van der Waals surface area contributed by atoms with Gasteiger partial charge in [0.1, 0.15) is 0 Å². The van der Waals surface area contributed by atoms with Crippen LogP contribution in [0.2, 0.25) is 10.0 Å². The van der Waals surface area contributed by atoms with Gasteiger partial charge in [-0.2, -0.15) is 0 Å². The molecule has 0 radical (unpaired) electrons. The zero-order chi connectivity index (χ0) is 11.4. The molecule has 4 heteroatoms. The van der Waals surface area contributed by atoms with Crippen molar-refractivity contribution in [1.29, 1.82) is 0 Å². The molecule has 1 aromatic carbocycles. The van der Waals surface area contributed by atoms with Crippen LogP contribution in [-0.4, -0.2) is 23.9 Å². The maximum absolute atomic E-state index is 12.0. The lowest BCUT2D eigenvalue weighted by Crippen LogP contribution is -2.30. The smallest absolute Gasteiger partial charge is 0.255 e. The van der Waals surface area contributed by atoms with Crippen molar-refractivity contribution < 1.29 is 4.79 Å². The van der Waals surface area contributed by atoms with Crippen molar-refractivity contribution in [2.75, 3.05) is 13.1 Å². The number of hydrogen-bond acceptors (Lipinski definition) is 1. The topological polar surface area (TPSA) is 20.3 Å². The molecule has 1 amide bonds. The molecule has 0 saturated carbocycles. The van der Waals surface area contributed by atoms with Gasteiger partial charge in [-0.15, -0.1) is 0 Å². The van der Waals surface area contributed by atoms with Gasteiger partial charge in [-0.1, -0.05) is 29.3 Å². The molecule has 0 unspecified atom stereocenters. The Morgan fingerprint density at radius 2 is 1.87 bits per heavy atom. The number of amides is 1. The third kappa shape index (κ3) is 2.64. The molecule has 0 aromatic heterocycles. The minimum Gasteiger partial charge on any atom is -0.339 e. The summed E-state index contributed by atoms with van der Waals surface area (Å²) in [5, 5.41) is 0.741. The summed E-state index contributed by atoms with van der Waals surface area (Å²) in [7, 11) is 0. The molecule has 1 aromatic rings. The van der Waals surface area contributed by atoms with Gasteiger partial charge in [0.05, 0.1) is 15.6 Å². The van der Waals surface area contributed by atoms with Gasteiger partial charge in [0.25, 0.3) is 5.91 Å². The fraction of sp³-hybridized carbons (Fsp3) is 0.364. The monoisotopic (exact) mass is 245 g/mol. The Morgan fingerprint density at radius 1 is 1.27 bits per heavy atom. The fourth-order valence-corrected chi connectivity index (χ4v) is 1.73. The van der Waals surface area contributed by atoms with Crippen LogP contribution in [0.15, 0.2) is 18.2 Å². The highest BCUT2D eigenvalue weighted by molar-refractivity contribution is 6.43. The van der Waals surface area contributed by atoms with Crippen molar-refractivity contribution in [2.45, 2.75) is 13.8 Å². The van der Waals surface area contributed by atoms with Gasteiger partial charge in [0.2, 0.25) is 0 Å². The molecule has 0 aliphatic heterocycles. The standard InChI is InChI=1S/C11H13Cl2NO/c1-3-14(4-2)11(15)8-6-5-7-9(12)10(8)13/h5-7H,3-4H2,1-2H3. The van der Waals surface area contributed by atoms with E-state index in [9.17, 15) is 4.79 Å². The van der Waals surface area contributed by atoms with Crippen LogP contribution in [0.4, 0.5) is 0 Å². The Labute approximate surface area is 99.8 Å². The maximum atomic E-state index is 12.0. The van der Waals surface area contributed by atoms with Crippen molar-refractivity contribution in [1.82, 2.24) is 4.90 Å². The molecule has 0 spiro atoms. The van der Waals surface area contributed by atoms with Gasteiger partial charge < -0.3 is 4.90 Å². The van der Waals surface area contributed by atoms with Crippen LogP contribution >= 0.6 is 23.2 Å². The largest absolute Gasteiger partial charge is 0.339 e. The summed E-state index contributed by atoms with van der Waals surface area (Å²) in [5.41, 5.74) is 0.466. The lowest BCUT2D eigenvalue weighted by Gasteiger charge is -2.19. The quantitative estimate of drug-likeness (QED) is 0.799. The first-order valence-corrected chi connectivity index (χ1v) is 5.60. The molecule has 0 saturated heterocycles. The number of halogens is 2. The normalized spacial score (nSPS) is 10.1. The van der Waals surface area contributed by atoms with E-state index >= 15 is 0 Å². The molecule has 0 N–H and O–H groups in total. The average molecular weight is 246 g/mol. The first-order valence-electron chi connectivity index (χ1n) is 4.85. The number of carbonyl (C=O) groups is 1. The SMILES string of the molecule is CCN(CC)C(=O)c1cccc(Cl)c1Cl. The number of benzene rings is 1. The van der Waals surface area contributed by atoms with Gasteiger partial charge >= 0.3 is 0 Å². The molecule has 82 valence electrons. The zero-order valence-electron chi connectivity index (χ0n) is 8.76. The van der Waals surface area contributed by atoms with E-state index in [1.807, 2.05) is 13.8 Å². The molecule has 0 aliphatic rings. The molecule has 0 fully saturated rings. The first kappa shape index (κ1) is 12.3. The van der Waals surface area contributed by atoms with Crippen LogP contribution in [0.25, 0.3) is 0 Å². The number of hydrogen-bond donors (Lipinski definition) is 0. The van der Waals surface area contributed by atoms with E-state index in [4.69, 9.17) is 23.2 Å². The molecule has 0 heterocycles. The molecular weight excluding hydrogens is 233 g/mol. The molecule has 0 bridgehead atoms. The summed E-state index contributed by atoms with van der Waals surface area (Å²) >= 11 is 11.8. The predicted molar refractivity (Wildman–Crippen MR) is 63.7 cm³/mol. The van der Waals surface area contributed by atoms with Gasteiger partial charge in [0.15, 0.2) is 0 Å². The number of nitrogens with zero attached hydrogens (tertiary/aromatic N) is 1. The van der Waals surface area contributed by atoms with E-state index in [1.54, 1.807) is 23.1 Å². The van der Waals surface area contributed by atoms with Crippen molar-refractivity contribution in [3.8, 4) is 0 Å². The van der Waals surface area contributed by atoms with Crippen LogP contribution in [0, 0.1) is 0 Å². The summed E-state index contributed by atoms with van der Waals surface area (Å²) < 4.78 is 0. The highest BCUT2D eigenvalue weighted by Crippen LogP contribution is 2.26. The second-order valence-corrected chi connectivity index (χ2v) is 3.86. The highest BCUT2D eigenvalue weighted by atomic mass is 35.5. The Morgan fingerprint density at radius 3 is 2.40 bits per heavy atom. The van der Waals surface area contributed by atoms with Gasteiger partial charge in [-0.3, -0.25) is 4.79 Å². The van der Waals surface area contributed by atoms with E-state index < -0.39 is 0 Å². The summed E-state index contributed by atoms with van der Waals surface area (Å²) in [6.07, 6.45) is 0. The van der Waals surface area contributed by atoms with Crippen molar-refractivity contribution in [3.05, 3.63) is 33.8 Å². The molecule has 0 aliphatic carbocycles. The Hall–Kier alpha value is -0.730. The summed E-state index contributed by atoms with van der Waals surface area (Å²) in [5.74, 6) is -0.0764. The fourth-order valence-electron chi connectivity index (χ4n) is 1.35. The number of carbonyl (C=O) groups excluding carboxylic acids is 1. The first-order chi connectivity index (χ1) is 7.11. The predicted octanol–water partition coefficient (Wildman–Crippen LogP) is 3.48. The molecule has 1 rings (SSSR count). The third-order valence-corrected chi connectivity index (χ3v) is 3.05. The van der Waals surface area contributed by atoms with Gasteiger partial charge in [-0.05, 0) is 26.0 Å². The van der Waals surface area contributed by atoms with E-state index in [2.05, 4.69) is 0 Å². The van der Waals surface area contributed by atoms with Crippen molar-refractivity contribution in [3.63, 3.8) is 0 Å².